The van der Waals surface area contributed by atoms with Crippen molar-refractivity contribution in [3.63, 3.8) is 0 Å². The van der Waals surface area contributed by atoms with Crippen LogP contribution < -0.4 is 0 Å². The van der Waals surface area contributed by atoms with E-state index in [4.69, 9.17) is 4.74 Å². The molecule has 0 amide bonds. The highest BCUT2D eigenvalue weighted by molar-refractivity contribution is 6.01. The smallest absolute Gasteiger partial charge is 0.178 e. The average Bonchev–Trinajstić information content (AvgIpc) is 2.44. The summed E-state index contributed by atoms with van der Waals surface area (Å²) in [5.41, 5.74) is 2.03. The number of ether oxygens (including phenoxy) is 1. The topological polar surface area (TPSA) is 26.3 Å². The molecule has 0 unspecified atom stereocenters. The van der Waals surface area contributed by atoms with Gasteiger partial charge in [-0.1, -0.05) is 65.8 Å². The van der Waals surface area contributed by atoms with Crippen LogP contribution in [0.4, 0.5) is 0 Å². The van der Waals surface area contributed by atoms with Crippen LogP contribution in [0.25, 0.3) is 0 Å². The van der Waals surface area contributed by atoms with Gasteiger partial charge < -0.3 is 4.74 Å². The quantitative estimate of drug-likeness (QED) is 0.646. The highest BCUT2D eigenvalue weighted by Gasteiger charge is 2.28. The van der Waals surface area contributed by atoms with Crippen molar-refractivity contribution in [1.29, 1.82) is 0 Å². The van der Waals surface area contributed by atoms with Crippen LogP contribution in [0.2, 0.25) is 0 Å². The largest absolute Gasteiger partial charge is 0.465 e. The molecule has 2 nitrogen and oxygen atoms in total. The Labute approximate surface area is 139 Å². The van der Waals surface area contributed by atoms with E-state index in [1.807, 2.05) is 18.2 Å². The number of hydrogen-bond donors (Lipinski definition) is 0. The molecule has 2 rings (SSSR count). The zero-order chi connectivity index (χ0) is 17.3. The van der Waals surface area contributed by atoms with E-state index in [9.17, 15) is 4.79 Å². The molecule has 2 heteroatoms. The monoisotopic (exact) mass is 310 g/mol. The molecule has 1 aliphatic heterocycles. The van der Waals surface area contributed by atoms with Crippen LogP contribution in [0, 0.1) is 10.8 Å². The van der Waals surface area contributed by atoms with Crippen LogP contribution in [0.1, 0.15) is 41.5 Å². The third-order valence-corrected chi connectivity index (χ3v) is 3.64. The SMILES string of the molecule is CC(C)(C)C1=CC(=CC=C2C=CC(=O)C=C2)C=C(C(C)(C)C)O1. The molecule has 0 aromatic heterocycles. The van der Waals surface area contributed by atoms with Crippen molar-refractivity contribution in [1.82, 2.24) is 0 Å². The molecule has 0 radical (unpaired) electrons. The molecule has 2 aliphatic rings. The second-order valence-corrected chi connectivity index (χ2v) is 8.02. The van der Waals surface area contributed by atoms with Crippen molar-refractivity contribution in [3.8, 4) is 0 Å². The predicted molar refractivity (Wildman–Crippen MR) is 95.6 cm³/mol. The standard InChI is InChI=1S/C21H26O2/c1-20(2,3)18-13-16(14-19(23-18)21(4,5)6)8-7-15-9-11-17(22)12-10-15/h7-14H,1-6H3. The van der Waals surface area contributed by atoms with Crippen LogP contribution in [-0.4, -0.2) is 5.78 Å². The van der Waals surface area contributed by atoms with Gasteiger partial charge >= 0.3 is 0 Å². The number of allylic oxidation sites excluding steroid dienone is 12. The predicted octanol–water partition coefficient (Wildman–Crippen LogP) is 5.42. The lowest BCUT2D eigenvalue weighted by Gasteiger charge is -2.32. The molecule has 0 aromatic rings. The zero-order valence-electron chi connectivity index (χ0n) is 14.9. The average molecular weight is 310 g/mol. The van der Waals surface area contributed by atoms with E-state index < -0.39 is 0 Å². The minimum Gasteiger partial charge on any atom is -0.465 e. The molecule has 0 aromatic carbocycles. The molecule has 122 valence electrons. The van der Waals surface area contributed by atoms with Crippen molar-refractivity contribution >= 4 is 5.78 Å². The van der Waals surface area contributed by atoms with Gasteiger partial charge in [-0.05, 0) is 35.5 Å². The molecule has 0 saturated heterocycles. The van der Waals surface area contributed by atoms with E-state index in [0.717, 1.165) is 22.7 Å². The maximum absolute atomic E-state index is 11.2. The lowest BCUT2D eigenvalue weighted by atomic mass is 9.87. The van der Waals surface area contributed by atoms with Crippen molar-refractivity contribution in [2.45, 2.75) is 41.5 Å². The minimum atomic E-state index is -0.0476. The summed E-state index contributed by atoms with van der Waals surface area (Å²) in [6.07, 6.45) is 15.1. The Bertz CT molecular complexity index is 628. The Morgan fingerprint density at radius 3 is 1.61 bits per heavy atom. The van der Waals surface area contributed by atoms with Crippen LogP contribution >= 0.6 is 0 Å². The number of carbonyl (C=O) groups is 1. The Morgan fingerprint density at radius 2 is 1.17 bits per heavy atom. The van der Waals surface area contributed by atoms with Gasteiger partial charge in [-0.15, -0.1) is 0 Å². The summed E-state index contributed by atoms with van der Waals surface area (Å²) in [5, 5.41) is 0. The molecule has 0 atom stereocenters. The second-order valence-electron chi connectivity index (χ2n) is 8.02. The number of carbonyl (C=O) groups excluding carboxylic acids is 1. The molecule has 0 saturated carbocycles. The van der Waals surface area contributed by atoms with Gasteiger partial charge in [-0.25, -0.2) is 0 Å². The Morgan fingerprint density at radius 1 is 0.739 bits per heavy atom. The molecule has 23 heavy (non-hydrogen) atoms. The summed E-state index contributed by atoms with van der Waals surface area (Å²) >= 11 is 0. The van der Waals surface area contributed by atoms with E-state index >= 15 is 0 Å². The summed E-state index contributed by atoms with van der Waals surface area (Å²) in [6, 6.07) is 0. The molecule has 0 bridgehead atoms. The Kier molecular flexibility index (Phi) is 4.65. The summed E-state index contributed by atoms with van der Waals surface area (Å²) in [7, 11) is 0. The van der Waals surface area contributed by atoms with Crippen molar-refractivity contribution in [3.05, 3.63) is 71.3 Å². The Balaban J connectivity index is 2.37. The van der Waals surface area contributed by atoms with Gasteiger partial charge in [0.05, 0.1) is 0 Å². The van der Waals surface area contributed by atoms with E-state index in [0.29, 0.717) is 0 Å². The number of ketones is 1. The maximum Gasteiger partial charge on any atom is 0.178 e. The van der Waals surface area contributed by atoms with Gasteiger partial charge in [0.1, 0.15) is 11.5 Å². The van der Waals surface area contributed by atoms with E-state index in [-0.39, 0.29) is 16.6 Å². The summed E-state index contributed by atoms with van der Waals surface area (Å²) in [5.74, 6) is 1.98. The molecule has 1 aliphatic carbocycles. The fourth-order valence-corrected chi connectivity index (χ4v) is 2.13. The van der Waals surface area contributed by atoms with Gasteiger partial charge in [0.15, 0.2) is 5.78 Å². The summed E-state index contributed by atoms with van der Waals surface area (Å²) < 4.78 is 6.14. The molecular formula is C21H26O2. The number of rotatable bonds is 1. The van der Waals surface area contributed by atoms with E-state index in [1.54, 1.807) is 12.2 Å². The Hall–Kier alpha value is -2.09. The summed E-state index contributed by atoms with van der Waals surface area (Å²) in [6.45, 7) is 12.9. The van der Waals surface area contributed by atoms with Gasteiger partial charge in [0.2, 0.25) is 0 Å². The first-order valence-corrected chi connectivity index (χ1v) is 8.00. The maximum atomic E-state index is 11.2. The van der Waals surface area contributed by atoms with Crippen LogP contribution in [0.5, 0.6) is 0 Å². The fourth-order valence-electron chi connectivity index (χ4n) is 2.13. The molecular weight excluding hydrogens is 284 g/mol. The first-order valence-electron chi connectivity index (χ1n) is 8.00. The van der Waals surface area contributed by atoms with Crippen molar-refractivity contribution in [2.75, 3.05) is 0 Å². The molecule has 0 fully saturated rings. The molecule has 1 heterocycles. The third-order valence-electron chi connectivity index (χ3n) is 3.64. The number of hydrogen-bond acceptors (Lipinski definition) is 2. The highest BCUT2D eigenvalue weighted by atomic mass is 16.5. The lowest BCUT2D eigenvalue weighted by Crippen LogP contribution is -2.21. The lowest BCUT2D eigenvalue weighted by molar-refractivity contribution is -0.110. The second kappa shape index (κ2) is 6.19. The van der Waals surface area contributed by atoms with Crippen LogP contribution in [0.3, 0.4) is 0 Å². The van der Waals surface area contributed by atoms with E-state index in [1.165, 1.54) is 0 Å². The van der Waals surface area contributed by atoms with Gasteiger partial charge in [-0.2, -0.15) is 0 Å². The van der Waals surface area contributed by atoms with Crippen LogP contribution in [0.15, 0.2) is 71.3 Å². The zero-order valence-corrected chi connectivity index (χ0v) is 14.9. The normalized spacial score (nSPS) is 18.4. The van der Waals surface area contributed by atoms with E-state index in [2.05, 4.69) is 59.8 Å². The van der Waals surface area contributed by atoms with Gasteiger partial charge in [0, 0.05) is 10.8 Å². The third kappa shape index (κ3) is 4.69. The van der Waals surface area contributed by atoms with Gasteiger partial charge in [0.25, 0.3) is 0 Å². The minimum absolute atomic E-state index is 0.0331. The van der Waals surface area contributed by atoms with Crippen molar-refractivity contribution < 1.29 is 9.53 Å². The molecule has 0 N–H and O–H groups in total. The first kappa shape index (κ1) is 17.3. The highest BCUT2D eigenvalue weighted by Crippen LogP contribution is 2.38. The molecule has 0 spiro atoms. The first-order chi connectivity index (χ1) is 10.6. The fraction of sp³-hybridized carbons (Fsp3) is 0.381. The summed E-state index contributed by atoms with van der Waals surface area (Å²) in [4.78, 5) is 11.2. The van der Waals surface area contributed by atoms with Gasteiger partial charge in [-0.3, -0.25) is 4.79 Å². The van der Waals surface area contributed by atoms with Crippen molar-refractivity contribution in [2.24, 2.45) is 10.8 Å². The van der Waals surface area contributed by atoms with Crippen LogP contribution in [-0.2, 0) is 9.53 Å².